The van der Waals surface area contributed by atoms with Crippen LogP contribution in [-0.2, 0) is 6.54 Å². The first-order chi connectivity index (χ1) is 8.58. The predicted octanol–water partition coefficient (Wildman–Crippen LogP) is 4.39. The molecule has 6 heteroatoms. The molecule has 0 spiro atoms. The van der Waals surface area contributed by atoms with E-state index in [0.29, 0.717) is 5.69 Å². The molecule has 2 rings (SSSR count). The molecule has 0 aliphatic heterocycles. The van der Waals surface area contributed by atoms with E-state index in [-0.39, 0.29) is 17.3 Å². The fourth-order valence-corrected chi connectivity index (χ4v) is 1.93. The van der Waals surface area contributed by atoms with Gasteiger partial charge in [-0.2, -0.15) is 0 Å². The summed E-state index contributed by atoms with van der Waals surface area (Å²) in [7, 11) is 0. The molecule has 0 aliphatic carbocycles. The summed E-state index contributed by atoms with van der Waals surface area (Å²) in [6, 6.07) is 5.43. The Bertz CT molecular complexity index is 558. The maximum absolute atomic E-state index is 13.4. The largest absolute Gasteiger partial charge is 0.378 e. The Labute approximate surface area is 116 Å². The summed E-state index contributed by atoms with van der Waals surface area (Å²) in [4.78, 5) is 3.90. The summed E-state index contributed by atoms with van der Waals surface area (Å²) in [6.45, 7) is -0.00361. The average molecular weight is 334 g/mol. The summed E-state index contributed by atoms with van der Waals surface area (Å²) in [5, 5.41) is 3.09. The number of halogens is 4. The van der Waals surface area contributed by atoms with E-state index in [1.165, 1.54) is 24.4 Å². The minimum Gasteiger partial charge on any atom is -0.378 e. The Morgan fingerprint density at radius 1 is 1.28 bits per heavy atom. The molecule has 18 heavy (non-hydrogen) atoms. The van der Waals surface area contributed by atoms with Gasteiger partial charge in [0, 0.05) is 22.8 Å². The van der Waals surface area contributed by atoms with Crippen LogP contribution in [0.2, 0.25) is 5.15 Å². The van der Waals surface area contributed by atoms with Crippen LogP contribution in [0, 0.1) is 11.6 Å². The van der Waals surface area contributed by atoms with E-state index in [2.05, 4.69) is 26.2 Å². The molecule has 0 fully saturated rings. The summed E-state index contributed by atoms with van der Waals surface area (Å²) in [5.74, 6) is -1.19. The van der Waals surface area contributed by atoms with E-state index in [9.17, 15) is 8.78 Å². The van der Waals surface area contributed by atoms with E-state index in [1.807, 2.05) is 0 Å². The minimum atomic E-state index is -0.596. The fraction of sp³-hybridized carbons (Fsp3) is 0.0833. The smallest absolute Gasteiger partial charge is 0.152 e. The van der Waals surface area contributed by atoms with Crippen LogP contribution in [0.25, 0.3) is 0 Å². The zero-order valence-electron chi connectivity index (χ0n) is 9.05. The number of hydrogen-bond donors (Lipinski definition) is 1. The Hall–Kier alpha value is -1.20. The SMILES string of the molecule is Fc1cccc(F)c1CNc1cc(Br)cnc1Cl. The third-order valence-electron chi connectivity index (χ3n) is 2.32. The second-order valence-corrected chi connectivity index (χ2v) is 4.82. The van der Waals surface area contributed by atoms with Gasteiger partial charge in [0.25, 0.3) is 0 Å². The molecular formula is C12H8BrClF2N2. The highest BCUT2D eigenvalue weighted by atomic mass is 79.9. The monoisotopic (exact) mass is 332 g/mol. The van der Waals surface area contributed by atoms with Crippen molar-refractivity contribution in [3.63, 3.8) is 0 Å². The zero-order valence-corrected chi connectivity index (χ0v) is 11.4. The summed E-state index contributed by atoms with van der Waals surface area (Å²) < 4.78 is 27.5. The maximum atomic E-state index is 13.4. The molecule has 0 atom stereocenters. The van der Waals surface area contributed by atoms with E-state index >= 15 is 0 Å². The van der Waals surface area contributed by atoms with E-state index < -0.39 is 11.6 Å². The maximum Gasteiger partial charge on any atom is 0.152 e. The Kier molecular flexibility index (Phi) is 4.14. The van der Waals surface area contributed by atoms with Crippen molar-refractivity contribution in [2.24, 2.45) is 0 Å². The molecule has 0 radical (unpaired) electrons. The van der Waals surface area contributed by atoms with Crippen LogP contribution >= 0.6 is 27.5 Å². The summed E-state index contributed by atoms with van der Waals surface area (Å²) in [5.41, 5.74) is 0.474. The highest BCUT2D eigenvalue weighted by Gasteiger charge is 2.09. The summed E-state index contributed by atoms with van der Waals surface area (Å²) >= 11 is 9.10. The molecule has 0 saturated carbocycles. The second-order valence-electron chi connectivity index (χ2n) is 3.55. The van der Waals surface area contributed by atoms with Crippen LogP contribution < -0.4 is 5.32 Å². The van der Waals surface area contributed by atoms with Gasteiger partial charge in [-0.25, -0.2) is 13.8 Å². The first-order valence-electron chi connectivity index (χ1n) is 5.05. The molecular weight excluding hydrogens is 325 g/mol. The lowest BCUT2D eigenvalue weighted by Crippen LogP contribution is -2.05. The van der Waals surface area contributed by atoms with Crippen molar-refractivity contribution in [2.45, 2.75) is 6.54 Å². The van der Waals surface area contributed by atoms with Crippen molar-refractivity contribution >= 4 is 33.2 Å². The molecule has 0 amide bonds. The van der Waals surface area contributed by atoms with Gasteiger partial charge >= 0.3 is 0 Å². The molecule has 2 nitrogen and oxygen atoms in total. The van der Waals surface area contributed by atoms with Crippen LogP contribution in [0.15, 0.2) is 34.9 Å². The lowest BCUT2D eigenvalue weighted by molar-refractivity contribution is 0.560. The highest BCUT2D eigenvalue weighted by Crippen LogP contribution is 2.24. The Balaban J connectivity index is 2.19. The van der Waals surface area contributed by atoms with Gasteiger partial charge in [-0.3, -0.25) is 0 Å². The Morgan fingerprint density at radius 3 is 2.61 bits per heavy atom. The van der Waals surface area contributed by atoms with Gasteiger partial charge in [-0.05, 0) is 34.1 Å². The third-order valence-corrected chi connectivity index (χ3v) is 3.06. The molecule has 1 N–H and O–H groups in total. The molecule has 2 aromatic rings. The number of nitrogens with zero attached hydrogens (tertiary/aromatic N) is 1. The molecule has 0 bridgehead atoms. The van der Waals surface area contributed by atoms with Gasteiger partial charge in [0.1, 0.15) is 11.6 Å². The topological polar surface area (TPSA) is 24.9 Å². The number of hydrogen-bond acceptors (Lipinski definition) is 2. The van der Waals surface area contributed by atoms with Crippen LogP contribution in [-0.4, -0.2) is 4.98 Å². The number of rotatable bonds is 3. The van der Waals surface area contributed by atoms with Crippen LogP contribution in [0.1, 0.15) is 5.56 Å². The number of nitrogens with one attached hydrogen (secondary N) is 1. The van der Waals surface area contributed by atoms with E-state index in [1.54, 1.807) is 6.07 Å². The fourth-order valence-electron chi connectivity index (χ4n) is 1.43. The number of pyridine rings is 1. The standard InChI is InChI=1S/C12H8BrClF2N2/c13-7-4-11(12(14)18-5-7)17-6-8-9(15)2-1-3-10(8)16/h1-5,17H,6H2. The average Bonchev–Trinajstić information content (AvgIpc) is 2.33. The molecule has 0 unspecified atom stereocenters. The second kappa shape index (κ2) is 5.63. The molecule has 0 aliphatic rings. The van der Waals surface area contributed by atoms with Crippen molar-refractivity contribution < 1.29 is 8.78 Å². The highest BCUT2D eigenvalue weighted by molar-refractivity contribution is 9.10. The first-order valence-corrected chi connectivity index (χ1v) is 6.23. The van der Waals surface area contributed by atoms with Gasteiger partial charge in [-0.1, -0.05) is 17.7 Å². The van der Waals surface area contributed by atoms with Crippen LogP contribution in [0.3, 0.4) is 0 Å². The van der Waals surface area contributed by atoms with Crippen LogP contribution in [0.4, 0.5) is 14.5 Å². The van der Waals surface area contributed by atoms with Crippen molar-refractivity contribution in [1.29, 1.82) is 0 Å². The molecule has 0 saturated heterocycles. The van der Waals surface area contributed by atoms with E-state index in [4.69, 9.17) is 11.6 Å². The zero-order chi connectivity index (χ0) is 13.1. The van der Waals surface area contributed by atoms with Crippen molar-refractivity contribution in [1.82, 2.24) is 4.98 Å². The third kappa shape index (κ3) is 2.97. The quantitative estimate of drug-likeness (QED) is 0.843. The van der Waals surface area contributed by atoms with Gasteiger partial charge < -0.3 is 5.32 Å². The number of benzene rings is 1. The van der Waals surface area contributed by atoms with Gasteiger partial charge in [0.05, 0.1) is 5.69 Å². The number of aromatic nitrogens is 1. The number of anilines is 1. The normalized spacial score (nSPS) is 10.4. The van der Waals surface area contributed by atoms with E-state index in [0.717, 1.165) is 4.47 Å². The van der Waals surface area contributed by atoms with Crippen molar-refractivity contribution in [3.8, 4) is 0 Å². The lowest BCUT2D eigenvalue weighted by atomic mass is 10.2. The predicted molar refractivity (Wildman–Crippen MR) is 70.6 cm³/mol. The lowest BCUT2D eigenvalue weighted by Gasteiger charge is -2.09. The molecule has 1 heterocycles. The van der Waals surface area contributed by atoms with Crippen molar-refractivity contribution in [2.75, 3.05) is 5.32 Å². The minimum absolute atomic E-state index is 0.00361. The van der Waals surface area contributed by atoms with Gasteiger partial charge in [0.2, 0.25) is 0 Å². The molecule has 1 aromatic carbocycles. The first kappa shape index (κ1) is 13.2. The summed E-state index contributed by atoms with van der Waals surface area (Å²) in [6.07, 6.45) is 1.54. The Morgan fingerprint density at radius 2 is 1.94 bits per heavy atom. The van der Waals surface area contributed by atoms with Crippen molar-refractivity contribution in [3.05, 3.63) is 57.3 Å². The molecule has 1 aromatic heterocycles. The molecule has 94 valence electrons. The van der Waals surface area contributed by atoms with Gasteiger partial charge in [0.15, 0.2) is 5.15 Å². The van der Waals surface area contributed by atoms with Gasteiger partial charge in [-0.15, -0.1) is 0 Å². The van der Waals surface area contributed by atoms with Crippen LogP contribution in [0.5, 0.6) is 0 Å².